The highest BCUT2D eigenvalue weighted by Gasteiger charge is 2.12. The van der Waals surface area contributed by atoms with Gasteiger partial charge in [0.05, 0.1) is 17.8 Å². The highest BCUT2D eigenvalue weighted by Crippen LogP contribution is 2.15. The van der Waals surface area contributed by atoms with E-state index < -0.39 is 11.7 Å². The Morgan fingerprint density at radius 1 is 1.09 bits per heavy atom. The fourth-order valence-corrected chi connectivity index (χ4v) is 3.33. The molecule has 0 aliphatic heterocycles. The molecule has 0 saturated carbocycles. The van der Waals surface area contributed by atoms with E-state index in [0.29, 0.717) is 24.2 Å². The zero-order valence-corrected chi connectivity index (χ0v) is 17.5. The third kappa shape index (κ3) is 4.61. The van der Waals surface area contributed by atoms with Gasteiger partial charge < -0.3 is 14.5 Å². The number of aromatic nitrogens is 3. The summed E-state index contributed by atoms with van der Waals surface area (Å²) in [5.41, 5.74) is 2.87. The first kappa shape index (κ1) is 21.1. The Morgan fingerprint density at radius 2 is 1.88 bits per heavy atom. The number of oxazole rings is 1. The third-order valence-electron chi connectivity index (χ3n) is 4.85. The maximum Gasteiger partial charge on any atom is 0.419 e. The Balaban J connectivity index is 1.31. The van der Waals surface area contributed by atoms with Crippen LogP contribution in [0.1, 0.15) is 30.3 Å². The first-order valence-corrected chi connectivity index (χ1v) is 10.3. The monoisotopic (exact) mass is 434 g/mol. The summed E-state index contributed by atoms with van der Waals surface area (Å²) in [6.07, 6.45) is 2.42. The van der Waals surface area contributed by atoms with Crippen molar-refractivity contribution in [3.63, 3.8) is 0 Å². The molecule has 4 rings (SSSR count). The summed E-state index contributed by atoms with van der Waals surface area (Å²) in [4.78, 5) is 36.0. The van der Waals surface area contributed by atoms with Gasteiger partial charge in [-0.1, -0.05) is 12.1 Å². The predicted molar refractivity (Wildman–Crippen MR) is 118 cm³/mol. The van der Waals surface area contributed by atoms with Gasteiger partial charge in [-0.2, -0.15) is 5.10 Å². The van der Waals surface area contributed by atoms with Crippen LogP contribution in [0, 0.1) is 0 Å². The minimum Gasteiger partial charge on any atom is -0.461 e. The number of nitrogens with zero attached hydrogens (tertiary/aromatic N) is 3. The lowest BCUT2D eigenvalue weighted by atomic mass is 10.2. The molecule has 0 saturated heterocycles. The van der Waals surface area contributed by atoms with E-state index in [4.69, 9.17) is 9.15 Å². The minimum atomic E-state index is -0.471. The lowest BCUT2D eigenvalue weighted by molar-refractivity contribution is -0.116. The van der Waals surface area contributed by atoms with Crippen molar-refractivity contribution in [2.75, 3.05) is 11.9 Å². The molecule has 0 aliphatic rings. The van der Waals surface area contributed by atoms with Crippen LogP contribution >= 0.6 is 0 Å². The summed E-state index contributed by atoms with van der Waals surface area (Å²) >= 11 is 0. The number of carbonyl (C=O) groups is 2. The van der Waals surface area contributed by atoms with Crippen molar-refractivity contribution in [1.29, 1.82) is 0 Å². The maximum absolute atomic E-state index is 12.3. The highest BCUT2D eigenvalue weighted by molar-refractivity contribution is 5.90. The van der Waals surface area contributed by atoms with Gasteiger partial charge in [-0.25, -0.2) is 14.3 Å². The van der Waals surface area contributed by atoms with E-state index in [2.05, 4.69) is 10.4 Å². The Bertz CT molecular complexity index is 1300. The Labute approximate surface area is 183 Å². The minimum absolute atomic E-state index is 0.151. The molecular formula is C23H22N4O5. The summed E-state index contributed by atoms with van der Waals surface area (Å²) in [6, 6.07) is 15.9. The number of para-hydroxylation sites is 2. The fraction of sp³-hybridized carbons (Fsp3) is 0.217. The van der Waals surface area contributed by atoms with Gasteiger partial charge in [0.1, 0.15) is 0 Å². The van der Waals surface area contributed by atoms with Crippen molar-refractivity contribution in [3.05, 3.63) is 77.0 Å². The number of benzene rings is 2. The van der Waals surface area contributed by atoms with E-state index >= 15 is 0 Å². The van der Waals surface area contributed by atoms with Gasteiger partial charge in [-0.3, -0.25) is 9.36 Å². The van der Waals surface area contributed by atoms with Gasteiger partial charge in [0.25, 0.3) is 0 Å². The molecule has 0 fully saturated rings. The lowest BCUT2D eigenvalue weighted by Gasteiger charge is -2.07. The number of hydrogen-bond acceptors (Lipinski definition) is 6. The summed E-state index contributed by atoms with van der Waals surface area (Å²) in [7, 11) is 0. The van der Waals surface area contributed by atoms with Crippen LogP contribution in [0.3, 0.4) is 0 Å². The summed E-state index contributed by atoms with van der Waals surface area (Å²) in [5.74, 6) is -1.05. The van der Waals surface area contributed by atoms with E-state index in [0.717, 1.165) is 11.2 Å². The van der Waals surface area contributed by atoms with Crippen LogP contribution in [0.15, 0.2) is 70.0 Å². The molecule has 0 aliphatic carbocycles. The second-order valence-corrected chi connectivity index (χ2v) is 7.05. The molecule has 1 N–H and O–H groups in total. The van der Waals surface area contributed by atoms with E-state index in [1.165, 1.54) is 4.57 Å². The number of esters is 1. The molecular weight excluding hydrogens is 412 g/mol. The molecule has 2 heterocycles. The standard InChI is InChI=1S/C23H22N4O5/c1-2-31-22(29)18-13-15-27(25-18)17-11-9-16(10-12-17)24-21(28)8-5-14-26-19-6-3-4-7-20(19)32-23(26)30/h3-4,6-7,9-13,15H,2,5,8,14H2,1H3,(H,24,28). The number of fused-ring (bicyclic) bond motifs is 1. The van der Waals surface area contributed by atoms with Crippen LogP contribution in [0.4, 0.5) is 5.69 Å². The van der Waals surface area contributed by atoms with E-state index in [1.807, 2.05) is 12.1 Å². The number of ether oxygens (including phenoxy) is 1. The highest BCUT2D eigenvalue weighted by atomic mass is 16.5. The van der Waals surface area contributed by atoms with Crippen molar-refractivity contribution in [2.45, 2.75) is 26.3 Å². The van der Waals surface area contributed by atoms with Crippen LogP contribution in [-0.4, -0.2) is 32.8 Å². The topological polar surface area (TPSA) is 108 Å². The third-order valence-corrected chi connectivity index (χ3v) is 4.85. The van der Waals surface area contributed by atoms with Crippen molar-refractivity contribution in [1.82, 2.24) is 14.3 Å². The largest absolute Gasteiger partial charge is 0.461 e. The molecule has 0 unspecified atom stereocenters. The van der Waals surface area contributed by atoms with Crippen LogP contribution in [0.5, 0.6) is 0 Å². The Morgan fingerprint density at radius 3 is 2.66 bits per heavy atom. The molecule has 9 nitrogen and oxygen atoms in total. The lowest BCUT2D eigenvalue weighted by Crippen LogP contribution is -2.17. The van der Waals surface area contributed by atoms with E-state index in [1.54, 1.807) is 60.3 Å². The van der Waals surface area contributed by atoms with Crippen LogP contribution in [0.2, 0.25) is 0 Å². The Hall–Kier alpha value is -4.14. The van der Waals surface area contributed by atoms with Crippen LogP contribution < -0.4 is 11.1 Å². The zero-order valence-electron chi connectivity index (χ0n) is 17.5. The molecule has 2 aromatic heterocycles. The summed E-state index contributed by atoms with van der Waals surface area (Å²) in [6.45, 7) is 2.42. The zero-order chi connectivity index (χ0) is 22.5. The van der Waals surface area contributed by atoms with E-state index in [-0.39, 0.29) is 24.6 Å². The van der Waals surface area contributed by atoms with Gasteiger partial charge in [0.15, 0.2) is 11.3 Å². The van der Waals surface area contributed by atoms with Crippen molar-refractivity contribution >= 4 is 28.7 Å². The maximum atomic E-state index is 12.3. The molecule has 0 spiro atoms. The molecule has 1 amide bonds. The molecule has 0 atom stereocenters. The molecule has 0 bridgehead atoms. The number of nitrogens with one attached hydrogen (secondary N) is 1. The van der Waals surface area contributed by atoms with Crippen molar-refractivity contribution in [3.8, 4) is 5.69 Å². The molecule has 32 heavy (non-hydrogen) atoms. The molecule has 4 aromatic rings. The molecule has 2 aromatic carbocycles. The second kappa shape index (κ2) is 9.34. The van der Waals surface area contributed by atoms with Crippen LogP contribution in [0.25, 0.3) is 16.8 Å². The van der Waals surface area contributed by atoms with Gasteiger partial charge in [-0.05, 0) is 55.8 Å². The average Bonchev–Trinajstić information content (AvgIpc) is 3.40. The molecule has 9 heteroatoms. The number of aryl methyl sites for hydroxylation is 1. The first-order valence-electron chi connectivity index (χ1n) is 10.3. The smallest absolute Gasteiger partial charge is 0.419 e. The normalized spacial score (nSPS) is 10.9. The molecule has 164 valence electrons. The van der Waals surface area contributed by atoms with Gasteiger partial charge in [-0.15, -0.1) is 0 Å². The SMILES string of the molecule is CCOC(=O)c1ccn(-c2ccc(NC(=O)CCCn3c(=O)oc4ccccc43)cc2)n1. The average molecular weight is 434 g/mol. The number of hydrogen-bond donors (Lipinski definition) is 1. The molecule has 0 radical (unpaired) electrons. The van der Waals surface area contributed by atoms with Crippen molar-refractivity contribution in [2.24, 2.45) is 0 Å². The number of carbonyl (C=O) groups excluding carboxylic acids is 2. The van der Waals surface area contributed by atoms with Gasteiger partial charge >= 0.3 is 11.7 Å². The predicted octanol–water partition coefficient (Wildman–Crippen LogP) is 3.38. The van der Waals surface area contributed by atoms with E-state index in [9.17, 15) is 14.4 Å². The number of amides is 1. The number of anilines is 1. The number of rotatable bonds is 8. The quantitative estimate of drug-likeness (QED) is 0.426. The second-order valence-electron chi connectivity index (χ2n) is 7.05. The fourth-order valence-electron chi connectivity index (χ4n) is 3.33. The van der Waals surface area contributed by atoms with Gasteiger partial charge in [0.2, 0.25) is 5.91 Å². The summed E-state index contributed by atoms with van der Waals surface area (Å²) in [5, 5.41) is 7.04. The van der Waals surface area contributed by atoms with Crippen LogP contribution in [-0.2, 0) is 16.1 Å². The van der Waals surface area contributed by atoms with Crippen molar-refractivity contribution < 1.29 is 18.7 Å². The summed E-state index contributed by atoms with van der Waals surface area (Å²) < 4.78 is 13.2. The first-order chi connectivity index (χ1) is 15.5. The van der Waals surface area contributed by atoms with Gasteiger partial charge in [0, 0.05) is 24.8 Å². The Kier molecular flexibility index (Phi) is 6.16.